The van der Waals surface area contributed by atoms with Crippen molar-refractivity contribution in [3.05, 3.63) is 223 Å². The zero-order chi connectivity index (χ0) is 33.0. The maximum Gasteiger partial charge on any atom is 0.0885 e. The van der Waals surface area contributed by atoms with Gasteiger partial charge in [0, 0.05) is 11.8 Å². The summed E-state index contributed by atoms with van der Waals surface area (Å²) in [6, 6.07) is 56.3. The van der Waals surface area contributed by atoms with Crippen molar-refractivity contribution in [2.24, 2.45) is 0 Å². The lowest BCUT2D eigenvalue weighted by atomic mass is 9.70. The monoisotopic (exact) mass is 626 g/mol. The second-order valence-corrected chi connectivity index (χ2v) is 12.2. The average Bonchev–Trinajstić information content (AvgIpc) is 3.48. The van der Waals surface area contributed by atoms with E-state index in [2.05, 4.69) is 152 Å². The Kier molecular flexibility index (Phi) is 7.97. The van der Waals surface area contributed by atoms with Gasteiger partial charge in [0.1, 0.15) is 0 Å². The molecule has 2 heteroatoms. The lowest BCUT2D eigenvalue weighted by molar-refractivity contribution is 0.735. The van der Waals surface area contributed by atoms with Crippen molar-refractivity contribution in [1.29, 1.82) is 0 Å². The summed E-state index contributed by atoms with van der Waals surface area (Å²) in [5, 5.41) is 0. The molecule has 1 unspecified atom stereocenters. The lowest BCUT2D eigenvalue weighted by Gasteiger charge is -2.32. The van der Waals surface area contributed by atoms with E-state index in [-0.39, 0.29) is 0 Å². The van der Waals surface area contributed by atoms with Gasteiger partial charge in [-0.1, -0.05) is 158 Å². The van der Waals surface area contributed by atoms with Gasteiger partial charge in [0.2, 0.25) is 0 Å². The fraction of sp³-hybridized carbons (Fsp3) is 0.0213. The molecule has 0 saturated heterocycles. The van der Waals surface area contributed by atoms with Gasteiger partial charge in [-0.3, -0.25) is 4.98 Å². The van der Waals surface area contributed by atoms with Crippen molar-refractivity contribution < 1.29 is 0 Å². The second kappa shape index (κ2) is 13.0. The highest BCUT2D eigenvalue weighted by molar-refractivity contribution is 5.88. The molecule has 2 heterocycles. The average molecular weight is 627 g/mol. The summed E-state index contributed by atoms with van der Waals surface area (Å²) in [5.41, 5.74) is 14.3. The van der Waals surface area contributed by atoms with Gasteiger partial charge < -0.3 is 0 Å². The van der Waals surface area contributed by atoms with Crippen molar-refractivity contribution in [3.8, 4) is 44.6 Å². The van der Waals surface area contributed by atoms with Crippen molar-refractivity contribution in [2.75, 3.05) is 0 Å². The van der Waals surface area contributed by atoms with Crippen LogP contribution in [0.3, 0.4) is 0 Å². The van der Waals surface area contributed by atoms with Gasteiger partial charge in [0.05, 0.1) is 22.5 Å². The molecule has 5 aromatic carbocycles. The highest BCUT2D eigenvalue weighted by Crippen LogP contribution is 2.56. The molecule has 0 aliphatic heterocycles. The summed E-state index contributed by atoms with van der Waals surface area (Å²) < 4.78 is 0. The van der Waals surface area contributed by atoms with Crippen LogP contribution in [-0.2, 0) is 5.41 Å². The molecule has 1 aliphatic carbocycles. The quantitative estimate of drug-likeness (QED) is 0.157. The van der Waals surface area contributed by atoms with Gasteiger partial charge in [-0.15, -0.1) is 0 Å². The minimum atomic E-state index is -0.498. The number of pyridine rings is 2. The summed E-state index contributed by atoms with van der Waals surface area (Å²) in [7, 11) is 0. The molecular weight excluding hydrogens is 593 g/mol. The molecule has 2 aromatic heterocycles. The Labute approximate surface area is 288 Å². The van der Waals surface area contributed by atoms with E-state index in [0.717, 1.165) is 33.8 Å². The molecule has 0 N–H and O–H groups in total. The number of hydrogen-bond donors (Lipinski definition) is 0. The van der Waals surface area contributed by atoms with Crippen LogP contribution in [-0.4, -0.2) is 9.97 Å². The minimum absolute atomic E-state index is 0.498. The number of rotatable bonds is 8. The third-order valence-corrected chi connectivity index (χ3v) is 9.39. The second-order valence-electron chi connectivity index (χ2n) is 12.2. The van der Waals surface area contributed by atoms with E-state index in [1.165, 1.54) is 38.9 Å². The van der Waals surface area contributed by atoms with E-state index < -0.39 is 5.41 Å². The molecule has 1 aliphatic rings. The van der Waals surface area contributed by atoms with Gasteiger partial charge >= 0.3 is 0 Å². The number of nitrogens with zero attached hydrogens (tertiary/aromatic N) is 2. The van der Waals surface area contributed by atoms with Crippen LogP contribution in [0.4, 0.5) is 0 Å². The van der Waals surface area contributed by atoms with Gasteiger partial charge in [-0.25, -0.2) is 4.98 Å². The minimum Gasteiger partial charge on any atom is -0.260 e. The Morgan fingerprint density at radius 3 is 1.92 bits per heavy atom. The zero-order valence-electron chi connectivity index (χ0n) is 27.1. The van der Waals surface area contributed by atoms with Crippen molar-refractivity contribution >= 4 is 6.08 Å². The van der Waals surface area contributed by atoms with Crippen LogP contribution in [0, 0.1) is 0 Å². The fourth-order valence-corrected chi connectivity index (χ4v) is 7.18. The van der Waals surface area contributed by atoms with Crippen molar-refractivity contribution in [1.82, 2.24) is 9.97 Å². The van der Waals surface area contributed by atoms with E-state index in [4.69, 9.17) is 9.97 Å². The Morgan fingerprint density at radius 2 is 1.16 bits per heavy atom. The number of fused-ring (bicyclic) bond motifs is 3. The van der Waals surface area contributed by atoms with Crippen LogP contribution in [0.15, 0.2) is 195 Å². The largest absolute Gasteiger partial charge is 0.260 e. The van der Waals surface area contributed by atoms with Crippen LogP contribution >= 0.6 is 0 Å². The van der Waals surface area contributed by atoms with E-state index in [1.807, 2.05) is 42.6 Å². The van der Waals surface area contributed by atoms with Crippen LogP contribution in [0.5, 0.6) is 0 Å². The number of allylic oxidation sites excluding steroid dienone is 4. The zero-order valence-corrected chi connectivity index (χ0v) is 27.1. The van der Waals surface area contributed by atoms with Gasteiger partial charge in [-0.05, 0) is 86.5 Å². The standard InChI is InChI=1S/C47H34N2/c1-2-3-4-11-20-40-31-38(33-45(49-40)36-16-7-5-8-17-36)35-26-24-34(25-27-35)37-28-29-44-42(32-37)41-21-12-13-22-43(41)47(44,39-18-9-6-10-19-39)46-23-14-15-30-48-46/h2-33H,1H2/b4-3-,20-11+. The van der Waals surface area contributed by atoms with Crippen LogP contribution in [0.1, 0.15) is 28.1 Å². The first kappa shape index (κ1) is 30.0. The summed E-state index contributed by atoms with van der Waals surface area (Å²) in [5.74, 6) is 0. The topological polar surface area (TPSA) is 25.8 Å². The SMILES string of the molecule is C=C/C=C\C=C\c1cc(-c2ccc(-c3ccc4c(c3)-c3ccccc3C4(c3ccccc3)c3ccccn3)cc2)cc(-c2ccccc2)n1. The number of hydrogen-bond acceptors (Lipinski definition) is 2. The molecule has 1 atom stereocenters. The summed E-state index contributed by atoms with van der Waals surface area (Å²) in [6.07, 6.45) is 11.6. The van der Waals surface area contributed by atoms with E-state index in [9.17, 15) is 0 Å². The van der Waals surface area contributed by atoms with Crippen molar-refractivity contribution in [2.45, 2.75) is 5.41 Å². The summed E-state index contributed by atoms with van der Waals surface area (Å²) in [4.78, 5) is 9.91. The summed E-state index contributed by atoms with van der Waals surface area (Å²) >= 11 is 0. The Bertz CT molecular complexity index is 2280. The molecule has 232 valence electrons. The van der Waals surface area contributed by atoms with E-state index in [1.54, 1.807) is 6.08 Å². The van der Waals surface area contributed by atoms with Gasteiger partial charge in [0.15, 0.2) is 0 Å². The normalized spacial score (nSPS) is 14.9. The lowest BCUT2D eigenvalue weighted by Crippen LogP contribution is -2.29. The first-order valence-electron chi connectivity index (χ1n) is 16.6. The Balaban J connectivity index is 1.21. The molecule has 0 spiro atoms. The molecule has 2 nitrogen and oxygen atoms in total. The van der Waals surface area contributed by atoms with Gasteiger partial charge in [-0.2, -0.15) is 0 Å². The number of aromatic nitrogens is 2. The molecule has 0 saturated carbocycles. The first-order valence-corrected chi connectivity index (χ1v) is 16.6. The highest BCUT2D eigenvalue weighted by Gasteiger charge is 2.47. The molecule has 0 bridgehead atoms. The first-order chi connectivity index (χ1) is 24.3. The van der Waals surface area contributed by atoms with Gasteiger partial charge in [0.25, 0.3) is 0 Å². The predicted octanol–water partition coefficient (Wildman–Crippen LogP) is 11.6. The Morgan fingerprint density at radius 1 is 0.490 bits per heavy atom. The molecule has 49 heavy (non-hydrogen) atoms. The number of benzene rings is 5. The maximum atomic E-state index is 4.97. The molecule has 0 radical (unpaired) electrons. The molecular formula is C47H34N2. The molecule has 0 fully saturated rings. The van der Waals surface area contributed by atoms with E-state index in [0.29, 0.717) is 0 Å². The third-order valence-electron chi connectivity index (χ3n) is 9.39. The smallest absolute Gasteiger partial charge is 0.0885 e. The van der Waals surface area contributed by atoms with E-state index >= 15 is 0 Å². The third kappa shape index (κ3) is 5.44. The maximum absolute atomic E-state index is 4.97. The Hall–Kier alpha value is -6.38. The molecule has 8 rings (SSSR count). The highest BCUT2D eigenvalue weighted by atomic mass is 14.7. The summed E-state index contributed by atoms with van der Waals surface area (Å²) in [6.45, 7) is 3.76. The molecule has 0 amide bonds. The predicted molar refractivity (Wildman–Crippen MR) is 204 cm³/mol. The van der Waals surface area contributed by atoms with Crippen LogP contribution in [0.25, 0.3) is 50.7 Å². The molecule has 7 aromatic rings. The van der Waals surface area contributed by atoms with Crippen LogP contribution in [0.2, 0.25) is 0 Å². The van der Waals surface area contributed by atoms with Crippen LogP contribution < -0.4 is 0 Å². The fourth-order valence-electron chi connectivity index (χ4n) is 7.18. The van der Waals surface area contributed by atoms with Crippen molar-refractivity contribution in [3.63, 3.8) is 0 Å².